The van der Waals surface area contributed by atoms with E-state index in [1.807, 2.05) is 19.9 Å². The standard InChI is InChI=1S/C15H26O2/c1-6-12(5)15(16)17-14-9-11(4)7-8-13(14)10(2)3/h6,10-11,13-14H,7-9H2,1-5H3. The second-order valence-electron chi connectivity index (χ2n) is 5.74. The molecule has 1 aliphatic carbocycles. The first-order valence-corrected chi connectivity index (χ1v) is 6.79. The van der Waals surface area contributed by atoms with Gasteiger partial charge in [0.25, 0.3) is 0 Å². The van der Waals surface area contributed by atoms with Crippen molar-refractivity contribution >= 4 is 5.97 Å². The maximum Gasteiger partial charge on any atom is 0.333 e. The van der Waals surface area contributed by atoms with Gasteiger partial charge in [-0.1, -0.05) is 33.3 Å². The first-order valence-electron chi connectivity index (χ1n) is 6.79. The molecule has 0 spiro atoms. The van der Waals surface area contributed by atoms with Gasteiger partial charge < -0.3 is 4.74 Å². The van der Waals surface area contributed by atoms with E-state index < -0.39 is 0 Å². The Kier molecular flexibility index (Phi) is 5.23. The highest BCUT2D eigenvalue weighted by Gasteiger charge is 2.33. The minimum Gasteiger partial charge on any atom is -0.459 e. The molecule has 0 aromatic heterocycles. The summed E-state index contributed by atoms with van der Waals surface area (Å²) in [4.78, 5) is 11.8. The third-order valence-corrected chi connectivity index (χ3v) is 3.97. The van der Waals surface area contributed by atoms with Crippen LogP contribution in [-0.2, 0) is 9.53 Å². The number of carbonyl (C=O) groups excluding carboxylic acids is 1. The topological polar surface area (TPSA) is 26.3 Å². The van der Waals surface area contributed by atoms with Crippen LogP contribution in [0.25, 0.3) is 0 Å². The molecule has 98 valence electrons. The highest BCUT2D eigenvalue weighted by Crippen LogP contribution is 2.35. The average Bonchev–Trinajstić information content (AvgIpc) is 2.27. The lowest BCUT2D eigenvalue weighted by atomic mass is 9.75. The van der Waals surface area contributed by atoms with E-state index in [1.54, 1.807) is 0 Å². The van der Waals surface area contributed by atoms with Crippen molar-refractivity contribution in [1.29, 1.82) is 0 Å². The number of hydrogen-bond donors (Lipinski definition) is 0. The van der Waals surface area contributed by atoms with E-state index in [2.05, 4.69) is 20.8 Å². The number of hydrogen-bond acceptors (Lipinski definition) is 2. The number of carbonyl (C=O) groups is 1. The predicted molar refractivity (Wildman–Crippen MR) is 70.7 cm³/mol. The maximum absolute atomic E-state index is 11.8. The molecule has 2 heteroatoms. The van der Waals surface area contributed by atoms with E-state index >= 15 is 0 Å². The smallest absolute Gasteiger partial charge is 0.333 e. The van der Waals surface area contributed by atoms with E-state index in [4.69, 9.17) is 4.74 Å². The molecule has 1 saturated carbocycles. The van der Waals surface area contributed by atoms with Crippen molar-refractivity contribution in [2.45, 2.75) is 60.0 Å². The highest BCUT2D eigenvalue weighted by atomic mass is 16.5. The number of allylic oxidation sites excluding steroid dienone is 1. The lowest BCUT2D eigenvalue weighted by Crippen LogP contribution is -2.36. The molecule has 2 nitrogen and oxygen atoms in total. The van der Waals surface area contributed by atoms with E-state index in [0.29, 0.717) is 23.3 Å². The van der Waals surface area contributed by atoms with Gasteiger partial charge in [-0.05, 0) is 44.4 Å². The Morgan fingerprint density at radius 1 is 1.35 bits per heavy atom. The number of ether oxygens (including phenoxy) is 1. The monoisotopic (exact) mass is 238 g/mol. The summed E-state index contributed by atoms with van der Waals surface area (Å²) in [5, 5.41) is 0. The minimum atomic E-state index is -0.141. The molecule has 0 N–H and O–H groups in total. The molecular formula is C15H26O2. The van der Waals surface area contributed by atoms with Gasteiger partial charge in [0.15, 0.2) is 0 Å². The van der Waals surface area contributed by atoms with Crippen LogP contribution in [0.2, 0.25) is 0 Å². The Labute approximate surface area is 105 Å². The molecule has 0 aliphatic heterocycles. The summed E-state index contributed by atoms with van der Waals surface area (Å²) < 4.78 is 5.68. The van der Waals surface area contributed by atoms with Crippen LogP contribution in [0.1, 0.15) is 53.9 Å². The molecule has 0 bridgehead atoms. The molecule has 0 heterocycles. The van der Waals surface area contributed by atoms with Crippen LogP contribution in [0, 0.1) is 17.8 Å². The van der Waals surface area contributed by atoms with Crippen LogP contribution in [0.15, 0.2) is 11.6 Å². The molecule has 3 unspecified atom stereocenters. The normalized spacial score (nSPS) is 30.5. The predicted octanol–water partition coefficient (Wildman–Crippen LogP) is 3.96. The Balaban J connectivity index is 2.67. The van der Waals surface area contributed by atoms with E-state index in [-0.39, 0.29) is 12.1 Å². The molecule has 0 aromatic carbocycles. The summed E-state index contributed by atoms with van der Waals surface area (Å²) in [5.41, 5.74) is 0.714. The zero-order valence-electron chi connectivity index (χ0n) is 11.8. The van der Waals surface area contributed by atoms with E-state index in [0.717, 1.165) is 6.42 Å². The number of rotatable bonds is 3. The van der Waals surface area contributed by atoms with Crippen molar-refractivity contribution in [3.05, 3.63) is 11.6 Å². The third-order valence-electron chi connectivity index (χ3n) is 3.97. The van der Waals surface area contributed by atoms with Crippen LogP contribution in [0.3, 0.4) is 0 Å². The van der Waals surface area contributed by atoms with Crippen molar-refractivity contribution in [2.24, 2.45) is 17.8 Å². The van der Waals surface area contributed by atoms with Gasteiger partial charge in [0.2, 0.25) is 0 Å². The summed E-state index contributed by atoms with van der Waals surface area (Å²) in [6.07, 6.45) is 5.40. The van der Waals surface area contributed by atoms with Crippen LogP contribution in [0.4, 0.5) is 0 Å². The second-order valence-corrected chi connectivity index (χ2v) is 5.74. The lowest BCUT2D eigenvalue weighted by Gasteiger charge is -2.36. The summed E-state index contributed by atoms with van der Waals surface area (Å²) in [5.74, 6) is 1.65. The zero-order valence-corrected chi connectivity index (χ0v) is 11.8. The van der Waals surface area contributed by atoms with Gasteiger partial charge in [-0.15, -0.1) is 0 Å². The minimum absolute atomic E-state index is 0.112. The fourth-order valence-corrected chi connectivity index (χ4v) is 2.60. The molecule has 17 heavy (non-hydrogen) atoms. The van der Waals surface area contributed by atoms with Crippen molar-refractivity contribution in [3.8, 4) is 0 Å². The molecular weight excluding hydrogens is 212 g/mol. The average molecular weight is 238 g/mol. The van der Waals surface area contributed by atoms with Crippen LogP contribution in [-0.4, -0.2) is 12.1 Å². The quantitative estimate of drug-likeness (QED) is 0.549. The fourth-order valence-electron chi connectivity index (χ4n) is 2.60. The molecule has 1 rings (SSSR count). The second kappa shape index (κ2) is 6.23. The van der Waals surface area contributed by atoms with Gasteiger partial charge in [-0.25, -0.2) is 4.79 Å². The first-order chi connectivity index (χ1) is 7.95. The highest BCUT2D eigenvalue weighted by molar-refractivity contribution is 5.87. The first kappa shape index (κ1) is 14.3. The molecule has 0 aromatic rings. The molecule has 0 radical (unpaired) electrons. The van der Waals surface area contributed by atoms with Gasteiger partial charge in [0.1, 0.15) is 6.10 Å². The van der Waals surface area contributed by atoms with E-state index in [9.17, 15) is 4.79 Å². The zero-order chi connectivity index (χ0) is 13.0. The van der Waals surface area contributed by atoms with Crippen LogP contribution < -0.4 is 0 Å². The Morgan fingerprint density at radius 2 is 2.00 bits per heavy atom. The third kappa shape index (κ3) is 3.86. The van der Waals surface area contributed by atoms with Gasteiger partial charge >= 0.3 is 5.97 Å². The lowest BCUT2D eigenvalue weighted by molar-refractivity contribution is -0.151. The molecule has 1 fully saturated rings. The van der Waals surface area contributed by atoms with Crippen molar-refractivity contribution in [2.75, 3.05) is 0 Å². The van der Waals surface area contributed by atoms with Gasteiger partial charge in [0, 0.05) is 5.57 Å². The molecule has 1 aliphatic rings. The summed E-state index contributed by atoms with van der Waals surface area (Å²) in [7, 11) is 0. The van der Waals surface area contributed by atoms with Crippen LogP contribution >= 0.6 is 0 Å². The van der Waals surface area contributed by atoms with Crippen LogP contribution in [0.5, 0.6) is 0 Å². The van der Waals surface area contributed by atoms with Gasteiger partial charge in [-0.2, -0.15) is 0 Å². The summed E-state index contributed by atoms with van der Waals surface area (Å²) >= 11 is 0. The maximum atomic E-state index is 11.8. The summed E-state index contributed by atoms with van der Waals surface area (Å²) in [6, 6.07) is 0. The fraction of sp³-hybridized carbons (Fsp3) is 0.800. The summed E-state index contributed by atoms with van der Waals surface area (Å²) in [6.45, 7) is 10.4. The Bertz CT molecular complexity index is 291. The van der Waals surface area contributed by atoms with E-state index in [1.165, 1.54) is 12.8 Å². The van der Waals surface area contributed by atoms with Crippen molar-refractivity contribution < 1.29 is 9.53 Å². The Morgan fingerprint density at radius 3 is 2.53 bits per heavy atom. The van der Waals surface area contributed by atoms with Crippen molar-refractivity contribution in [1.82, 2.24) is 0 Å². The van der Waals surface area contributed by atoms with Crippen molar-refractivity contribution in [3.63, 3.8) is 0 Å². The molecule has 0 saturated heterocycles. The Hall–Kier alpha value is -0.790. The van der Waals surface area contributed by atoms with Gasteiger partial charge in [0.05, 0.1) is 0 Å². The largest absolute Gasteiger partial charge is 0.459 e. The SMILES string of the molecule is CC=C(C)C(=O)OC1CC(C)CCC1C(C)C. The molecule has 3 atom stereocenters. The molecule has 0 amide bonds. The number of esters is 1. The van der Waals surface area contributed by atoms with Gasteiger partial charge in [-0.3, -0.25) is 0 Å².